The van der Waals surface area contributed by atoms with Crippen molar-refractivity contribution in [1.29, 1.82) is 0 Å². The second kappa shape index (κ2) is 29.7. The normalized spacial score (nSPS) is 4.80. The maximum Gasteiger partial charge on any atom is 4.00 e. The number of hydrogen-bond donors (Lipinski definition) is 0. The fourth-order valence-electron chi connectivity index (χ4n) is 0. The zero-order chi connectivity index (χ0) is 4.28. The van der Waals surface area contributed by atoms with Crippen LogP contribution < -0.4 is 49.6 Å². The molecule has 0 aromatic carbocycles. The second-order valence-corrected chi connectivity index (χ2v) is 2.13. The Kier molecular flexibility index (Phi) is 114. The van der Waals surface area contributed by atoms with Crippen LogP contribution in [-0.4, -0.2) is 34.6 Å². The zero-order valence-electron chi connectivity index (χ0n) is 4.43. The summed E-state index contributed by atoms with van der Waals surface area (Å²) in [4.78, 5) is -0.406. The Morgan fingerprint density at radius 2 is 1.00 bits per heavy atom. The van der Waals surface area contributed by atoms with E-state index in [4.69, 9.17) is 34.8 Å². The first-order valence-electron chi connectivity index (χ1n) is 1.11. The molecular weight excluding hydrogens is 391 g/mol. The van der Waals surface area contributed by atoms with Crippen molar-refractivity contribution in [1.82, 2.24) is 0 Å². The summed E-state index contributed by atoms with van der Waals surface area (Å²) in [6, 6.07) is 0. The molecule has 0 saturated carbocycles. The molecule has 0 saturated heterocycles. The Morgan fingerprint density at radius 1 is 0.900 bits per heavy atom. The third kappa shape index (κ3) is 44.9. The van der Waals surface area contributed by atoms with Gasteiger partial charge in [0.05, 0.1) is 5.88 Å². The zero-order valence-corrected chi connectivity index (χ0v) is 12.6. The number of alkyl halides is 3. The van der Waals surface area contributed by atoms with Gasteiger partial charge in [-0.15, -0.1) is 34.8 Å². The van der Waals surface area contributed by atoms with Crippen LogP contribution in [0.4, 0.5) is 0 Å². The van der Waals surface area contributed by atoms with Crippen LogP contribution in [0, 0.1) is 0 Å². The van der Waals surface area contributed by atoms with Crippen LogP contribution in [-0.2, 0) is 0 Å². The molecule has 0 radical (unpaired) electrons. The van der Waals surface area contributed by atoms with Gasteiger partial charge in [-0.05, 0) is 0 Å². The van der Waals surface area contributed by atoms with Crippen molar-refractivity contribution in [2.75, 3.05) is 5.88 Å². The minimum Gasteiger partial charge on any atom is -1.00 e. The molecule has 0 aliphatic rings. The largest absolute Gasteiger partial charge is 4.00 e. The first-order chi connectivity index (χ1) is 2.27. The van der Waals surface area contributed by atoms with Crippen LogP contribution in [0.25, 0.3) is 0 Å². The third-order valence-corrected chi connectivity index (χ3v) is 1.05. The van der Waals surface area contributed by atoms with Gasteiger partial charge in [0.15, 0.2) is 0 Å². The van der Waals surface area contributed by atoms with Crippen LogP contribution in [0.15, 0.2) is 0 Å². The molecule has 0 unspecified atom stereocenters. The van der Waals surface area contributed by atoms with E-state index in [2.05, 4.69) is 0 Å². The van der Waals surface area contributed by atoms with Gasteiger partial charge >= 0.3 is 23.9 Å². The van der Waals surface area contributed by atoms with E-state index in [0.29, 0.717) is 5.88 Å². The quantitative estimate of drug-likeness (QED) is 0.307. The van der Waals surface area contributed by atoms with Gasteiger partial charge in [-0.3, -0.25) is 0 Å². The van der Waals surface area contributed by atoms with E-state index in [-0.39, 0.29) is 73.5 Å². The Morgan fingerprint density at radius 3 is 1.00 bits per heavy atom. The van der Waals surface area contributed by atoms with Crippen LogP contribution in [0.2, 0.25) is 0 Å². The predicted octanol–water partition coefficient (Wildman–Crippen LogP) is -10.3. The van der Waals surface area contributed by atoms with E-state index < -0.39 is 4.84 Å². The molecule has 0 heterocycles. The van der Waals surface area contributed by atoms with E-state index in [1.165, 1.54) is 0 Å². The standard InChI is InChI=1S/C2H3Cl3.4ClH.Sn/c3-1-2(4)5;;;;;/h2H,1H2;4*1H;/q;;;;;+4/p-4. The molecular formula is C2H3Cl7Sn. The smallest absolute Gasteiger partial charge is 1.00 e. The summed E-state index contributed by atoms with van der Waals surface area (Å²) in [5, 5.41) is 0. The van der Waals surface area contributed by atoms with Crippen molar-refractivity contribution in [3.8, 4) is 0 Å². The predicted molar refractivity (Wildman–Crippen MR) is 32.0 cm³/mol. The van der Waals surface area contributed by atoms with E-state index in [1.807, 2.05) is 0 Å². The molecule has 64 valence electrons. The first kappa shape index (κ1) is 38.5. The minimum absolute atomic E-state index is 0. The molecule has 0 aromatic rings. The molecule has 0 nitrogen and oxygen atoms in total. The fraction of sp³-hybridized carbons (Fsp3) is 1.00. The minimum atomic E-state index is -0.406. The Balaban J connectivity index is -0.00000000800. The molecule has 8 heteroatoms. The van der Waals surface area contributed by atoms with Crippen molar-refractivity contribution >= 4 is 58.7 Å². The molecule has 0 N–H and O–H groups in total. The molecule has 10 heavy (non-hydrogen) atoms. The molecule has 0 aliphatic heterocycles. The van der Waals surface area contributed by atoms with E-state index in [1.54, 1.807) is 0 Å². The summed E-state index contributed by atoms with van der Waals surface area (Å²) in [5.41, 5.74) is 0. The molecule has 0 fully saturated rings. The molecule has 0 atom stereocenters. The summed E-state index contributed by atoms with van der Waals surface area (Å²) < 4.78 is 0. The summed E-state index contributed by atoms with van der Waals surface area (Å²) in [6.45, 7) is 0. The summed E-state index contributed by atoms with van der Waals surface area (Å²) >= 11 is 15.3. The maximum absolute atomic E-state index is 5.10. The van der Waals surface area contributed by atoms with Crippen LogP contribution >= 0.6 is 34.8 Å². The van der Waals surface area contributed by atoms with Crippen LogP contribution in [0.5, 0.6) is 0 Å². The summed E-state index contributed by atoms with van der Waals surface area (Å²) in [6.07, 6.45) is 0. The SMILES string of the molecule is ClCC(Cl)Cl.[Cl-].[Cl-].[Cl-].[Cl-].[Sn+4]. The second-order valence-electron chi connectivity index (χ2n) is 0.545. The van der Waals surface area contributed by atoms with Crippen molar-refractivity contribution < 1.29 is 49.6 Å². The number of rotatable bonds is 1. The summed E-state index contributed by atoms with van der Waals surface area (Å²) in [5.74, 6) is 0.309. The Hall–Kier alpha value is 2.83. The number of hydrogen-bond acceptors (Lipinski definition) is 0. The summed E-state index contributed by atoms with van der Waals surface area (Å²) in [7, 11) is 0. The Labute approximate surface area is 118 Å². The molecule has 0 spiro atoms. The van der Waals surface area contributed by atoms with Gasteiger partial charge in [0.1, 0.15) is 4.84 Å². The van der Waals surface area contributed by atoms with Crippen molar-refractivity contribution in [2.45, 2.75) is 4.84 Å². The van der Waals surface area contributed by atoms with Gasteiger partial charge in [-0.1, -0.05) is 0 Å². The average Bonchev–Trinajstić information content (AvgIpc) is 1.38. The van der Waals surface area contributed by atoms with Crippen LogP contribution in [0.3, 0.4) is 0 Å². The average molecular weight is 394 g/mol. The molecule has 0 amide bonds. The van der Waals surface area contributed by atoms with Gasteiger partial charge in [-0.2, -0.15) is 0 Å². The van der Waals surface area contributed by atoms with Crippen molar-refractivity contribution in [3.63, 3.8) is 0 Å². The van der Waals surface area contributed by atoms with Gasteiger partial charge < -0.3 is 49.6 Å². The van der Waals surface area contributed by atoms with Gasteiger partial charge in [0, 0.05) is 0 Å². The maximum atomic E-state index is 5.10. The molecule has 0 bridgehead atoms. The molecule has 0 aliphatic carbocycles. The molecule has 0 aromatic heterocycles. The Bertz CT molecular complexity index is 25.6. The monoisotopic (exact) mass is 392 g/mol. The van der Waals surface area contributed by atoms with Gasteiger partial charge in [0.25, 0.3) is 0 Å². The van der Waals surface area contributed by atoms with E-state index in [0.717, 1.165) is 0 Å². The van der Waals surface area contributed by atoms with Crippen LogP contribution in [0.1, 0.15) is 0 Å². The topological polar surface area (TPSA) is 0 Å². The van der Waals surface area contributed by atoms with Crippen molar-refractivity contribution in [2.24, 2.45) is 0 Å². The van der Waals surface area contributed by atoms with E-state index in [9.17, 15) is 0 Å². The first-order valence-corrected chi connectivity index (χ1v) is 2.52. The van der Waals surface area contributed by atoms with Gasteiger partial charge in [-0.25, -0.2) is 0 Å². The molecule has 0 rings (SSSR count). The third-order valence-electron chi connectivity index (χ3n) is 0.117. The van der Waals surface area contributed by atoms with Gasteiger partial charge in [0.2, 0.25) is 0 Å². The van der Waals surface area contributed by atoms with E-state index >= 15 is 0 Å². The van der Waals surface area contributed by atoms with Crippen molar-refractivity contribution in [3.05, 3.63) is 0 Å². The number of halogens is 7. The fourth-order valence-corrected chi connectivity index (χ4v) is 0.